The molecule has 1 aromatic carbocycles. The van der Waals surface area contributed by atoms with Crippen LogP contribution < -0.4 is 4.74 Å². The monoisotopic (exact) mass is 269 g/mol. The minimum Gasteiger partial charge on any atom is -0.496 e. The number of ether oxygens (including phenoxy) is 1. The molecular formula is C12H16BrNO. The molecule has 0 saturated carbocycles. The molecule has 1 aliphatic rings. The van der Waals surface area contributed by atoms with Crippen molar-refractivity contribution in [2.24, 2.45) is 0 Å². The molecule has 3 heteroatoms. The smallest absolute Gasteiger partial charge is 0.133 e. The molecule has 1 heterocycles. The van der Waals surface area contributed by atoms with Crippen LogP contribution in [0.2, 0.25) is 0 Å². The lowest BCUT2D eigenvalue weighted by atomic mass is 9.99. The number of fused-ring (bicyclic) bond motifs is 1. The number of nitrogens with zero attached hydrogens (tertiary/aromatic N) is 1. The summed E-state index contributed by atoms with van der Waals surface area (Å²) in [6, 6.07) is 4.23. The summed E-state index contributed by atoms with van der Waals surface area (Å²) in [6.45, 7) is 5.55. The molecule has 0 amide bonds. The predicted molar refractivity (Wildman–Crippen MR) is 65.3 cm³/mol. The van der Waals surface area contributed by atoms with Crippen molar-refractivity contribution in [2.75, 3.05) is 20.2 Å². The molecule has 0 aromatic heterocycles. The SMILES string of the molecule is CCN1CCc2c(ccc(OC)c2Br)C1. The number of benzene rings is 1. The highest BCUT2D eigenvalue weighted by Gasteiger charge is 2.18. The largest absolute Gasteiger partial charge is 0.496 e. The normalized spacial score (nSPS) is 16.2. The first-order valence-electron chi connectivity index (χ1n) is 5.32. The summed E-state index contributed by atoms with van der Waals surface area (Å²) in [5, 5.41) is 0. The van der Waals surface area contributed by atoms with E-state index >= 15 is 0 Å². The number of hydrogen-bond donors (Lipinski definition) is 0. The van der Waals surface area contributed by atoms with E-state index in [2.05, 4.69) is 33.8 Å². The Morgan fingerprint density at radius 2 is 2.27 bits per heavy atom. The lowest BCUT2D eigenvalue weighted by Crippen LogP contribution is -2.30. The molecular weight excluding hydrogens is 254 g/mol. The van der Waals surface area contributed by atoms with Gasteiger partial charge in [0.1, 0.15) is 5.75 Å². The van der Waals surface area contributed by atoms with Gasteiger partial charge in [0, 0.05) is 13.1 Å². The lowest BCUT2D eigenvalue weighted by molar-refractivity contribution is 0.267. The summed E-state index contributed by atoms with van der Waals surface area (Å²) in [7, 11) is 1.72. The minimum absolute atomic E-state index is 0.943. The van der Waals surface area contributed by atoms with Crippen LogP contribution in [-0.4, -0.2) is 25.1 Å². The van der Waals surface area contributed by atoms with Crippen LogP contribution >= 0.6 is 15.9 Å². The molecule has 82 valence electrons. The van der Waals surface area contributed by atoms with Crippen LogP contribution in [0.4, 0.5) is 0 Å². The van der Waals surface area contributed by atoms with Crippen molar-refractivity contribution in [3.8, 4) is 5.75 Å². The second-order valence-electron chi connectivity index (χ2n) is 3.84. The molecule has 0 radical (unpaired) electrons. The van der Waals surface area contributed by atoms with Crippen molar-refractivity contribution in [1.82, 2.24) is 4.90 Å². The number of hydrogen-bond acceptors (Lipinski definition) is 2. The zero-order valence-electron chi connectivity index (χ0n) is 9.22. The van der Waals surface area contributed by atoms with Gasteiger partial charge in [-0.3, -0.25) is 4.90 Å². The van der Waals surface area contributed by atoms with Gasteiger partial charge in [-0.1, -0.05) is 13.0 Å². The van der Waals surface area contributed by atoms with Gasteiger partial charge < -0.3 is 4.74 Å². The van der Waals surface area contributed by atoms with Gasteiger partial charge in [-0.2, -0.15) is 0 Å². The maximum atomic E-state index is 5.30. The molecule has 1 aliphatic heterocycles. The highest BCUT2D eigenvalue weighted by molar-refractivity contribution is 9.10. The second kappa shape index (κ2) is 4.54. The average Bonchev–Trinajstić information content (AvgIpc) is 2.29. The maximum Gasteiger partial charge on any atom is 0.133 e. The van der Waals surface area contributed by atoms with Crippen LogP contribution in [0.15, 0.2) is 16.6 Å². The molecule has 0 bridgehead atoms. The first-order chi connectivity index (χ1) is 7.26. The van der Waals surface area contributed by atoms with Gasteiger partial charge in [0.05, 0.1) is 11.6 Å². The Balaban J connectivity index is 2.35. The van der Waals surface area contributed by atoms with E-state index in [0.717, 1.165) is 36.3 Å². The summed E-state index contributed by atoms with van der Waals surface area (Å²) in [4.78, 5) is 2.46. The van der Waals surface area contributed by atoms with E-state index in [9.17, 15) is 0 Å². The quantitative estimate of drug-likeness (QED) is 0.819. The topological polar surface area (TPSA) is 12.5 Å². The number of likely N-dealkylation sites (N-methyl/N-ethyl adjacent to an activating group) is 1. The lowest BCUT2D eigenvalue weighted by Gasteiger charge is -2.28. The van der Waals surface area contributed by atoms with E-state index in [1.54, 1.807) is 7.11 Å². The summed E-state index contributed by atoms with van der Waals surface area (Å²) in [5.41, 5.74) is 2.84. The Morgan fingerprint density at radius 3 is 2.93 bits per heavy atom. The molecule has 15 heavy (non-hydrogen) atoms. The molecule has 0 fully saturated rings. The van der Waals surface area contributed by atoms with Gasteiger partial charge in [0.25, 0.3) is 0 Å². The predicted octanol–water partition coefficient (Wildman–Crippen LogP) is 2.84. The van der Waals surface area contributed by atoms with Gasteiger partial charge >= 0.3 is 0 Å². The molecule has 0 N–H and O–H groups in total. The third-order valence-electron chi connectivity index (χ3n) is 3.04. The molecule has 0 saturated heterocycles. The summed E-state index contributed by atoms with van der Waals surface area (Å²) in [6.07, 6.45) is 1.11. The van der Waals surface area contributed by atoms with E-state index in [0.29, 0.717) is 0 Å². The van der Waals surface area contributed by atoms with Crippen LogP contribution in [0, 0.1) is 0 Å². The fourth-order valence-electron chi connectivity index (χ4n) is 2.08. The third kappa shape index (κ3) is 2.04. The molecule has 0 aliphatic carbocycles. The average molecular weight is 270 g/mol. The fourth-order valence-corrected chi connectivity index (χ4v) is 2.82. The Morgan fingerprint density at radius 1 is 1.47 bits per heavy atom. The van der Waals surface area contributed by atoms with Crippen LogP contribution in [0.5, 0.6) is 5.75 Å². The molecule has 1 aromatic rings. The van der Waals surface area contributed by atoms with E-state index in [1.165, 1.54) is 11.1 Å². The fraction of sp³-hybridized carbons (Fsp3) is 0.500. The van der Waals surface area contributed by atoms with E-state index in [1.807, 2.05) is 6.07 Å². The molecule has 0 spiro atoms. The van der Waals surface area contributed by atoms with Gasteiger partial charge in [-0.25, -0.2) is 0 Å². The Hall–Kier alpha value is -0.540. The summed E-state index contributed by atoms with van der Waals surface area (Å²) >= 11 is 3.63. The Bertz CT molecular complexity index is 365. The minimum atomic E-state index is 0.943. The van der Waals surface area contributed by atoms with Gasteiger partial charge in [0.2, 0.25) is 0 Å². The maximum absolute atomic E-state index is 5.30. The van der Waals surface area contributed by atoms with Crippen LogP contribution in [0.3, 0.4) is 0 Å². The van der Waals surface area contributed by atoms with Crippen molar-refractivity contribution in [3.05, 3.63) is 27.7 Å². The van der Waals surface area contributed by atoms with Gasteiger partial charge in [-0.15, -0.1) is 0 Å². The summed E-state index contributed by atoms with van der Waals surface area (Å²) < 4.78 is 6.44. The standard InChI is InChI=1S/C12H16BrNO/c1-3-14-7-6-10-9(8-14)4-5-11(15-2)12(10)13/h4-5H,3,6-8H2,1-2H3. The van der Waals surface area contributed by atoms with E-state index < -0.39 is 0 Å². The van der Waals surface area contributed by atoms with Crippen molar-refractivity contribution in [1.29, 1.82) is 0 Å². The first-order valence-corrected chi connectivity index (χ1v) is 6.12. The van der Waals surface area contributed by atoms with Crippen molar-refractivity contribution in [3.63, 3.8) is 0 Å². The van der Waals surface area contributed by atoms with Gasteiger partial charge in [-0.05, 0) is 46.1 Å². The highest BCUT2D eigenvalue weighted by Crippen LogP contribution is 2.33. The van der Waals surface area contributed by atoms with Crippen LogP contribution in [-0.2, 0) is 13.0 Å². The second-order valence-corrected chi connectivity index (χ2v) is 4.63. The van der Waals surface area contributed by atoms with Crippen molar-refractivity contribution < 1.29 is 4.74 Å². The number of methoxy groups -OCH3 is 1. The number of halogens is 1. The van der Waals surface area contributed by atoms with Crippen LogP contribution in [0.25, 0.3) is 0 Å². The molecule has 0 unspecified atom stereocenters. The highest BCUT2D eigenvalue weighted by atomic mass is 79.9. The number of rotatable bonds is 2. The molecule has 2 rings (SSSR count). The molecule has 2 nitrogen and oxygen atoms in total. The zero-order chi connectivity index (χ0) is 10.8. The Kier molecular flexibility index (Phi) is 3.32. The van der Waals surface area contributed by atoms with Crippen LogP contribution in [0.1, 0.15) is 18.1 Å². The van der Waals surface area contributed by atoms with Crippen molar-refractivity contribution in [2.45, 2.75) is 19.9 Å². The van der Waals surface area contributed by atoms with Gasteiger partial charge in [0.15, 0.2) is 0 Å². The zero-order valence-corrected chi connectivity index (χ0v) is 10.8. The van der Waals surface area contributed by atoms with E-state index in [-0.39, 0.29) is 0 Å². The van der Waals surface area contributed by atoms with Crippen molar-refractivity contribution >= 4 is 15.9 Å². The summed E-state index contributed by atoms with van der Waals surface area (Å²) in [5.74, 6) is 0.943. The Labute approximate surface area is 99.4 Å². The first kappa shape index (κ1) is 11.0. The third-order valence-corrected chi connectivity index (χ3v) is 3.91. The molecule has 0 atom stereocenters. The van der Waals surface area contributed by atoms with E-state index in [4.69, 9.17) is 4.74 Å².